The minimum Gasteiger partial charge on any atom is -0.462 e. The highest BCUT2D eigenvalue weighted by molar-refractivity contribution is 5.71. The van der Waals surface area contributed by atoms with Crippen molar-refractivity contribution in [2.45, 2.75) is 369 Å². The van der Waals surface area contributed by atoms with Gasteiger partial charge in [0.05, 0.1) is 0 Å². The summed E-state index contributed by atoms with van der Waals surface area (Å²) in [6, 6.07) is 0. The maximum Gasteiger partial charge on any atom is 0.306 e. The molecule has 0 aromatic heterocycles. The van der Waals surface area contributed by atoms with E-state index in [0.717, 1.165) is 75.5 Å². The van der Waals surface area contributed by atoms with Crippen molar-refractivity contribution in [1.29, 1.82) is 0 Å². The molecule has 0 bridgehead atoms. The molecule has 0 aliphatic carbocycles. The molecule has 0 fully saturated rings. The number of carbonyl (C=O) groups is 3. The summed E-state index contributed by atoms with van der Waals surface area (Å²) in [5, 5.41) is 0. The Balaban J connectivity index is 4.26. The lowest BCUT2D eigenvalue weighted by molar-refractivity contribution is -0.167. The first kappa shape index (κ1) is 69.4. The molecule has 71 heavy (non-hydrogen) atoms. The molecule has 1 atom stereocenters. The van der Waals surface area contributed by atoms with Gasteiger partial charge in [-0.05, 0) is 37.0 Å². The minimum atomic E-state index is -0.764. The molecule has 0 rings (SSSR count). The van der Waals surface area contributed by atoms with Crippen LogP contribution in [0.1, 0.15) is 363 Å². The van der Waals surface area contributed by atoms with E-state index in [0.29, 0.717) is 19.3 Å². The third-order valence-electron chi connectivity index (χ3n) is 14.9. The molecule has 0 heterocycles. The van der Waals surface area contributed by atoms with Crippen LogP contribution in [-0.2, 0) is 28.6 Å². The van der Waals surface area contributed by atoms with Crippen LogP contribution in [0.5, 0.6) is 0 Å². The molecule has 0 saturated carbocycles. The maximum atomic E-state index is 12.9. The fraction of sp³-hybridized carbons (Fsp3) is 0.954. The second-order valence-electron chi connectivity index (χ2n) is 23.8. The summed E-state index contributed by atoms with van der Waals surface area (Å²) in [5.74, 6) is 1.70. The summed E-state index contributed by atoms with van der Waals surface area (Å²) in [7, 11) is 0. The van der Waals surface area contributed by atoms with Crippen molar-refractivity contribution in [3.63, 3.8) is 0 Å². The van der Waals surface area contributed by atoms with Crippen LogP contribution in [0.3, 0.4) is 0 Å². The average Bonchev–Trinajstić information content (AvgIpc) is 3.33. The van der Waals surface area contributed by atoms with E-state index in [9.17, 15) is 14.4 Å². The quantitative estimate of drug-likeness (QED) is 0.0343. The van der Waals surface area contributed by atoms with Gasteiger partial charge in [0, 0.05) is 19.3 Å². The Hall–Kier alpha value is -1.59. The Labute approximate surface area is 444 Å². The van der Waals surface area contributed by atoms with Crippen LogP contribution in [0.25, 0.3) is 0 Å². The fourth-order valence-corrected chi connectivity index (χ4v) is 10.1. The second-order valence-corrected chi connectivity index (χ2v) is 23.8. The zero-order valence-corrected chi connectivity index (χ0v) is 49.0. The number of hydrogen-bond acceptors (Lipinski definition) is 6. The molecule has 0 N–H and O–H groups in total. The Morgan fingerprint density at radius 3 is 0.606 bits per heavy atom. The average molecular weight is 1000 g/mol. The summed E-state index contributed by atoms with van der Waals surface area (Å²) in [5.41, 5.74) is 0. The van der Waals surface area contributed by atoms with Gasteiger partial charge in [-0.25, -0.2) is 0 Å². The predicted molar refractivity (Wildman–Crippen MR) is 307 cm³/mol. The lowest BCUT2D eigenvalue weighted by Crippen LogP contribution is -2.30. The highest BCUT2D eigenvalue weighted by atomic mass is 16.6. The number of rotatable bonds is 58. The van der Waals surface area contributed by atoms with Gasteiger partial charge in [-0.3, -0.25) is 14.4 Å². The molecule has 0 radical (unpaired) electrons. The number of ether oxygens (including phenoxy) is 3. The number of unbranched alkanes of at least 4 members (excludes halogenated alkanes) is 41. The van der Waals surface area contributed by atoms with Crippen molar-refractivity contribution in [1.82, 2.24) is 0 Å². The van der Waals surface area contributed by atoms with Gasteiger partial charge in [0.25, 0.3) is 0 Å². The molecular formula is C65H126O6. The number of hydrogen-bond donors (Lipinski definition) is 0. The maximum absolute atomic E-state index is 12.9. The Morgan fingerprint density at radius 1 is 0.239 bits per heavy atom. The van der Waals surface area contributed by atoms with Gasteiger partial charge >= 0.3 is 17.9 Å². The van der Waals surface area contributed by atoms with E-state index in [2.05, 4.69) is 41.5 Å². The standard InChI is InChI=1S/C65H126O6/c1-59(2)51-45-39-33-27-21-16-12-9-7-8-10-14-18-24-30-36-42-48-54-63(66)69-57-62(58-70-64(67)55-49-43-37-31-26-20-23-29-35-41-47-53-61(5)6)71-65(68)56-50-44-38-32-25-19-15-11-13-17-22-28-34-40-46-52-60(3)4/h59-62H,7-58H2,1-6H3/t62-/m0/s1. The summed E-state index contributed by atoms with van der Waals surface area (Å²) >= 11 is 0. The SMILES string of the molecule is CC(C)CCCCCCCCCCCCCCCCCCCCC(=O)OC[C@@H](COC(=O)CCCCCCCCCCCCCC(C)C)OC(=O)CCCCCCCCCCCCCCCCCC(C)C. The van der Waals surface area contributed by atoms with Crippen molar-refractivity contribution in [2.24, 2.45) is 17.8 Å². The summed E-state index contributed by atoms with van der Waals surface area (Å²) < 4.78 is 17.0. The minimum absolute atomic E-state index is 0.0626. The Kier molecular flexibility index (Phi) is 54.9. The zero-order valence-electron chi connectivity index (χ0n) is 49.0. The second kappa shape index (κ2) is 56.1. The molecule has 0 aromatic rings. The van der Waals surface area contributed by atoms with Crippen LogP contribution in [-0.4, -0.2) is 37.2 Å². The van der Waals surface area contributed by atoms with Crippen molar-refractivity contribution in [3.8, 4) is 0 Å². The van der Waals surface area contributed by atoms with Gasteiger partial charge in [0.1, 0.15) is 13.2 Å². The Bertz CT molecular complexity index is 1100. The first-order valence-electron chi connectivity index (χ1n) is 32.1. The molecule has 0 spiro atoms. The van der Waals surface area contributed by atoms with Crippen LogP contribution in [0.2, 0.25) is 0 Å². The van der Waals surface area contributed by atoms with Crippen LogP contribution >= 0.6 is 0 Å². The molecular weight excluding hydrogens is 877 g/mol. The third-order valence-corrected chi connectivity index (χ3v) is 14.9. The van der Waals surface area contributed by atoms with E-state index in [1.165, 1.54) is 244 Å². The molecule has 0 aliphatic rings. The molecule has 0 unspecified atom stereocenters. The van der Waals surface area contributed by atoms with Gasteiger partial charge in [-0.1, -0.05) is 324 Å². The van der Waals surface area contributed by atoms with Crippen LogP contribution in [0.15, 0.2) is 0 Å². The van der Waals surface area contributed by atoms with Crippen molar-refractivity contribution in [2.75, 3.05) is 13.2 Å². The first-order valence-corrected chi connectivity index (χ1v) is 32.1. The molecule has 0 aromatic carbocycles. The summed E-state index contributed by atoms with van der Waals surface area (Å²) in [6.07, 6.45) is 61.1. The van der Waals surface area contributed by atoms with Gasteiger partial charge < -0.3 is 14.2 Å². The van der Waals surface area contributed by atoms with Crippen LogP contribution in [0, 0.1) is 17.8 Å². The van der Waals surface area contributed by atoms with Gasteiger partial charge in [-0.2, -0.15) is 0 Å². The van der Waals surface area contributed by atoms with Crippen molar-refractivity contribution < 1.29 is 28.6 Å². The summed E-state index contributed by atoms with van der Waals surface area (Å²) in [6.45, 7) is 13.8. The smallest absolute Gasteiger partial charge is 0.306 e. The zero-order chi connectivity index (χ0) is 51.9. The van der Waals surface area contributed by atoms with Gasteiger partial charge in [-0.15, -0.1) is 0 Å². The number of carbonyl (C=O) groups excluding carboxylic acids is 3. The summed E-state index contributed by atoms with van der Waals surface area (Å²) in [4.78, 5) is 38.3. The van der Waals surface area contributed by atoms with E-state index in [1.54, 1.807) is 0 Å². The number of esters is 3. The van der Waals surface area contributed by atoms with E-state index in [4.69, 9.17) is 14.2 Å². The van der Waals surface area contributed by atoms with Crippen LogP contribution in [0.4, 0.5) is 0 Å². The van der Waals surface area contributed by atoms with Gasteiger partial charge in [0.2, 0.25) is 0 Å². The monoisotopic (exact) mass is 1000 g/mol. The lowest BCUT2D eigenvalue weighted by Gasteiger charge is -2.18. The van der Waals surface area contributed by atoms with E-state index < -0.39 is 6.10 Å². The molecule has 0 saturated heterocycles. The Morgan fingerprint density at radius 2 is 0.408 bits per heavy atom. The predicted octanol–water partition coefficient (Wildman–Crippen LogP) is 21.5. The molecule has 422 valence electrons. The topological polar surface area (TPSA) is 78.9 Å². The highest BCUT2D eigenvalue weighted by Gasteiger charge is 2.19. The largest absolute Gasteiger partial charge is 0.462 e. The van der Waals surface area contributed by atoms with E-state index in [-0.39, 0.29) is 31.1 Å². The van der Waals surface area contributed by atoms with E-state index >= 15 is 0 Å². The van der Waals surface area contributed by atoms with Crippen LogP contribution < -0.4 is 0 Å². The van der Waals surface area contributed by atoms with Gasteiger partial charge in [0.15, 0.2) is 6.10 Å². The van der Waals surface area contributed by atoms with E-state index in [1.807, 2.05) is 0 Å². The first-order chi connectivity index (χ1) is 34.6. The van der Waals surface area contributed by atoms with Crippen molar-refractivity contribution >= 4 is 17.9 Å². The highest BCUT2D eigenvalue weighted by Crippen LogP contribution is 2.19. The lowest BCUT2D eigenvalue weighted by atomic mass is 10.0. The molecule has 0 aliphatic heterocycles. The molecule has 6 nitrogen and oxygen atoms in total. The fourth-order valence-electron chi connectivity index (χ4n) is 10.1. The van der Waals surface area contributed by atoms with Crippen molar-refractivity contribution in [3.05, 3.63) is 0 Å². The normalized spacial score (nSPS) is 12.1. The molecule has 6 heteroatoms. The third kappa shape index (κ3) is 59.2. The molecule has 0 amide bonds.